The molecule has 0 aliphatic heterocycles. The van der Waals surface area contributed by atoms with E-state index in [9.17, 15) is 4.79 Å². The predicted octanol–water partition coefficient (Wildman–Crippen LogP) is 4.96. The number of aryl methyl sites for hydroxylation is 1. The van der Waals surface area contributed by atoms with E-state index in [1.54, 1.807) is 6.21 Å². The minimum absolute atomic E-state index is 0.0861. The second-order valence-corrected chi connectivity index (χ2v) is 6.39. The van der Waals surface area contributed by atoms with Crippen LogP contribution in [0.2, 0.25) is 0 Å². The lowest BCUT2D eigenvalue weighted by molar-refractivity contribution is 0.103. The molecule has 3 aromatic rings. The molecule has 5 heteroatoms. The third-order valence-electron chi connectivity index (χ3n) is 3.75. The molecule has 126 valence electrons. The van der Waals surface area contributed by atoms with E-state index in [1.807, 2.05) is 66.9 Å². The van der Waals surface area contributed by atoms with Gasteiger partial charge in [-0.2, -0.15) is 0 Å². The van der Waals surface area contributed by atoms with Gasteiger partial charge in [0.25, 0.3) is 5.91 Å². The highest BCUT2D eigenvalue weighted by Gasteiger charge is 2.13. The van der Waals surface area contributed by atoms with Crippen LogP contribution in [0.25, 0.3) is 11.1 Å². The lowest BCUT2D eigenvalue weighted by atomic mass is 10.0. The molecule has 25 heavy (non-hydrogen) atoms. The number of benzene rings is 2. The Labute approximate surface area is 150 Å². The number of thiophene rings is 1. The Morgan fingerprint density at radius 2 is 2.00 bits per heavy atom. The van der Waals surface area contributed by atoms with E-state index >= 15 is 0 Å². The standard InChI is InChI=1S/C20H18N2O2S/c1-14-10-11-25-19(14)20(23)22-18-9-4-3-8-17(18)16-7-5-6-15(12-16)13-21-24-2/h3-13H,1-2H3,(H,22,23). The first kappa shape index (κ1) is 16.9. The van der Waals surface area contributed by atoms with Gasteiger partial charge in [0, 0.05) is 11.3 Å². The molecular weight excluding hydrogens is 332 g/mol. The van der Waals surface area contributed by atoms with E-state index < -0.39 is 0 Å². The number of rotatable bonds is 5. The molecule has 0 atom stereocenters. The molecule has 2 aromatic carbocycles. The van der Waals surface area contributed by atoms with Gasteiger partial charge in [-0.1, -0.05) is 41.6 Å². The average Bonchev–Trinajstić information content (AvgIpc) is 3.07. The Hall–Kier alpha value is -2.92. The van der Waals surface area contributed by atoms with E-state index in [-0.39, 0.29) is 5.91 Å². The van der Waals surface area contributed by atoms with Crippen LogP contribution in [0, 0.1) is 6.92 Å². The van der Waals surface area contributed by atoms with Gasteiger partial charge in [0.1, 0.15) is 7.11 Å². The largest absolute Gasteiger partial charge is 0.399 e. The van der Waals surface area contributed by atoms with Gasteiger partial charge < -0.3 is 10.2 Å². The first-order valence-electron chi connectivity index (χ1n) is 7.80. The van der Waals surface area contributed by atoms with Crippen molar-refractivity contribution in [2.45, 2.75) is 6.92 Å². The first-order chi connectivity index (χ1) is 12.2. The molecule has 0 unspecified atom stereocenters. The first-order valence-corrected chi connectivity index (χ1v) is 8.68. The van der Waals surface area contributed by atoms with Gasteiger partial charge in [0.05, 0.1) is 11.1 Å². The molecule has 0 spiro atoms. The zero-order valence-electron chi connectivity index (χ0n) is 14.0. The Balaban J connectivity index is 1.93. The van der Waals surface area contributed by atoms with Gasteiger partial charge in [-0.15, -0.1) is 11.3 Å². The molecule has 1 amide bonds. The second-order valence-electron chi connectivity index (χ2n) is 5.47. The van der Waals surface area contributed by atoms with Crippen molar-refractivity contribution in [3.63, 3.8) is 0 Å². The van der Waals surface area contributed by atoms with Gasteiger partial charge in [0.2, 0.25) is 0 Å². The predicted molar refractivity (Wildman–Crippen MR) is 103 cm³/mol. The molecule has 3 rings (SSSR count). The summed E-state index contributed by atoms with van der Waals surface area (Å²) in [6.45, 7) is 1.94. The van der Waals surface area contributed by atoms with Crippen LogP contribution in [0.15, 0.2) is 65.1 Å². The Kier molecular flexibility index (Phi) is 5.26. The average molecular weight is 350 g/mol. The summed E-state index contributed by atoms with van der Waals surface area (Å²) in [5.41, 5.74) is 4.64. The van der Waals surface area contributed by atoms with Crippen LogP contribution in [-0.2, 0) is 4.84 Å². The molecule has 0 saturated carbocycles. The van der Waals surface area contributed by atoms with Gasteiger partial charge in [0.15, 0.2) is 0 Å². The summed E-state index contributed by atoms with van der Waals surface area (Å²) in [6.07, 6.45) is 1.65. The number of oxime groups is 1. The maximum atomic E-state index is 12.5. The summed E-state index contributed by atoms with van der Waals surface area (Å²) in [7, 11) is 1.51. The lowest BCUT2D eigenvalue weighted by Gasteiger charge is -2.11. The summed E-state index contributed by atoms with van der Waals surface area (Å²) in [4.78, 5) is 18.0. The van der Waals surface area contributed by atoms with Crippen LogP contribution in [0.5, 0.6) is 0 Å². The fourth-order valence-electron chi connectivity index (χ4n) is 2.53. The summed E-state index contributed by atoms with van der Waals surface area (Å²) in [5, 5.41) is 8.75. The van der Waals surface area contributed by atoms with Crippen molar-refractivity contribution in [3.8, 4) is 11.1 Å². The quantitative estimate of drug-likeness (QED) is 0.522. The Morgan fingerprint density at radius 1 is 1.16 bits per heavy atom. The highest BCUT2D eigenvalue weighted by Crippen LogP contribution is 2.29. The Morgan fingerprint density at radius 3 is 2.76 bits per heavy atom. The van der Waals surface area contributed by atoms with E-state index in [1.165, 1.54) is 18.4 Å². The summed E-state index contributed by atoms with van der Waals surface area (Å²) in [6, 6.07) is 17.6. The maximum Gasteiger partial charge on any atom is 0.266 e. The smallest absolute Gasteiger partial charge is 0.266 e. The van der Waals surface area contributed by atoms with Gasteiger partial charge in [-0.25, -0.2) is 0 Å². The zero-order chi connectivity index (χ0) is 17.6. The fraction of sp³-hybridized carbons (Fsp3) is 0.100. The van der Waals surface area contributed by atoms with E-state index in [0.29, 0.717) is 0 Å². The van der Waals surface area contributed by atoms with Crippen molar-refractivity contribution in [2.75, 3.05) is 12.4 Å². The summed E-state index contributed by atoms with van der Waals surface area (Å²) >= 11 is 1.45. The van der Waals surface area contributed by atoms with Crippen LogP contribution < -0.4 is 5.32 Å². The number of amides is 1. The third kappa shape index (κ3) is 3.95. The van der Waals surface area contributed by atoms with Crippen molar-refractivity contribution in [3.05, 3.63) is 76.0 Å². The molecule has 0 radical (unpaired) electrons. The number of anilines is 1. The Bertz CT molecular complexity index is 915. The number of carbonyl (C=O) groups excluding carboxylic acids is 1. The molecular formula is C20H18N2O2S. The maximum absolute atomic E-state index is 12.5. The van der Waals surface area contributed by atoms with Gasteiger partial charge in [-0.3, -0.25) is 4.79 Å². The number of hydrogen-bond donors (Lipinski definition) is 1. The molecule has 0 bridgehead atoms. The van der Waals surface area contributed by atoms with Crippen molar-refractivity contribution in [2.24, 2.45) is 5.16 Å². The summed E-state index contributed by atoms with van der Waals surface area (Å²) in [5.74, 6) is -0.0861. The molecule has 1 N–H and O–H groups in total. The van der Waals surface area contributed by atoms with Crippen LogP contribution in [0.1, 0.15) is 20.8 Å². The van der Waals surface area contributed by atoms with Crippen LogP contribution in [0.3, 0.4) is 0 Å². The highest BCUT2D eigenvalue weighted by atomic mass is 32.1. The van der Waals surface area contributed by atoms with Crippen LogP contribution in [0.4, 0.5) is 5.69 Å². The van der Waals surface area contributed by atoms with Gasteiger partial charge >= 0.3 is 0 Å². The monoisotopic (exact) mass is 350 g/mol. The number of nitrogens with zero attached hydrogens (tertiary/aromatic N) is 1. The fourth-order valence-corrected chi connectivity index (χ4v) is 3.35. The molecule has 0 aliphatic rings. The van der Waals surface area contributed by atoms with E-state index in [2.05, 4.69) is 10.5 Å². The lowest BCUT2D eigenvalue weighted by Crippen LogP contribution is -2.12. The normalized spacial score (nSPS) is 10.8. The molecule has 1 heterocycles. The molecule has 4 nitrogen and oxygen atoms in total. The van der Waals surface area contributed by atoms with Crippen LogP contribution in [-0.4, -0.2) is 19.2 Å². The topological polar surface area (TPSA) is 50.7 Å². The number of hydrogen-bond acceptors (Lipinski definition) is 4. The second kappa shape index (κ2) is 7.77. The third-order valence-corrected chi connectivity index (χ3v) is 4.76. The van der Waals surface area contributed by atoms with Crippen molar-refractivity contribution in [1.29, 1.82) is 0 Å². The summed E-state index contributed by atoms with van der Waals surface area (Å²) < 4.78 is 0. The van der Waals surface area contributed by atoms with Crippen molar-refractivity contribution >= 4 is 29.1 Å². The molecule has 0 saturated heterocycles. The highest BCUT2D eigenvalue weighted by molar-refractivity contribution is 7.12. The number of carbonyl (C=O) groups is 1. The van der Waals surface area contributed by atoms with Crippen molar-refractivity contribution < 1.29 is 9.63 Å². The molecule has 1 aromatic heterocycles. The van der Waals surface area contributed by atoms with Crippen LogP contribution >= 0.6 is 11.3 Å². The van der Waals surface area contributed by atoms with E-state index in [4.69, 9.17) is 4.84 Å². The zero-order valence-corrected chi connectivity index (χ0v) is 14.8. The number of nitrogens with one attached hydrogen (secondary N) is 1. The number of para-hydroxylation sites is 1. The molecule has 0 aliphatic carbocycles. The minimum Gasteiger partial charge on any atom is -0.399 e. The van der Waals surface area contributed by atoms with Crippen molar-refractivity contribution in [1.82, 2.24) is 0 Å². The van der Waals surface area contributed by atoms with E-state index in [0.717, 1.165) is 32.8 Å². The SMILES string of the molecule is CON=Cc1cccc(-c2ccccc2NC(=O)c2sccc2C)c1. The molecule has 0 fully saturated rings. The minimum atomic E-state index is -0.0861. The van der Waals surface area contributed by atoms with Gasteiger partial charge in [-0.05, 0) is 47.2 Å².